The van der Waals surface area contributed by atoms with Gasteiger partial charge in [0.2, 0.25) is 12.3 Å². The molecule has 0 aliphatic rings. The van der Waals surface area contributed by atoms with Gasteiger partial charge in [-0.25, -0.2) is 10.0 Å². The van der Waals surface area contributed by atoms with E-state index in [1.54, 1.807) is 0 Å². The second-order valence-electron chi connectivity index (χ2n) is 6.11. The second-order valence-corrected chi connectivity index (χ2v) is 6.11. The second kappa shape index (κ2) is 9.62. The van der Waals surface area contributed by atoms with Gasteiger partial charge in [0, 0.05) is 0 Å². The normalized spacial score (nSPS) is 11.8. The number of aromatic nitrogens is 3. The van der Waals surface area contributed by atoms with E-state index >= 15 is 0 Å². The Hall–Kier alpha value is -2.81. The van der Waals surface area contributed by atoms with Crippen LogP contribution in [0.15, 0.2) is 18.2 Å². The van der Waals surface area contributed by atoms with Gasteiger partial charge in [-0.1, -0.05) is 38.3 Å². The number of rotatable bonds is 10. The van der Waals surface area contributed by atoms with Crippen LogP contribution in [0, 0.1) is 12.8 Å². The standard InChI is InChI=1S/C17H24N6O3/c1-3-4-5-8-13(10-23(26)11-24)16(25)20-22-17-18-15-12(2)7-6-9-14(15)19-21-17/h6-7,9,11,13,26H,3-5,8,10H2,1-2H3,(H,20,25)(H,18,21,22)/t13-/m1/s1. The molecule has 1 heterocycles. The Bertz CT molecular complexity index is 754. The van der Waals surface area contributed by atoms with Crippen LogP contribution in [0.5, 0.6) is 0 Å². The Kier molecular flexibility index (Phi) is 7.22. The molecule has 0 aliphatic carbocycles. The highest BCUT2D eigenvalue weighted by Crippen LogP contribution is 2.14. The number of fused-ring (bicyclic) bond motifs is 1. The molecule has 0 saturated carbocycles. The zero-order chi connectivity index (χ0) is 18.9. The average Bonchev–Trinajstić information content (AvgIpc) is 2.65. The summed E-state index contributed by atoms with van der Waals surface area (Å²) < 4.78 is 0. The molecule has 1 atom stereocenters. The summed E-state index contributed by atoms with van der Waals surface area (Å²) in [5.74, 6) is -0.724. The smallest absolute Gasteiger partial charge is 0.262 e. The maximum atomic E-state index is 12.4. The lowest BCUT2D eigenvalue weighted by Crippen LogP contribution is -2.40. The number of unbranched alkanes of at least 4 members (excludes halogenated alkanes) is 2. The van der Waals surface area contributed by atoms with Crippen LogP contribution >= 0.6 is 0 Å². The van der Waals surface area contributed by atoms with Gasteiger partial charge in [0.15, 0.2) is 0 Å². The first-order valence-corrected chi connectivity index (χ1v) is 8.61. The van der Waals surface area contributed by atoms with Crippen LogP contribution in [-0.4, -0.2) is 44.3 Å². The van der Waals surface area contributed by atoms with E-state index in [1.165, 1.54) is 0 Å². The van der Waals surface area contributed by atoms with Crippen molar-refractivity contribution in [2.75, 3.05) is 12.0 Å². The minimum Gasteiger partial charge on any atom is -0.286 e. The zero-order valence-corrected chi connectivity index (χ0v) is 15.0. The van der Waals surface area contributed by atoms with Crippen LogP contribution in [0.4, 0.5) is 5.95 Å². The molecule has 1 aromatic carbocycles. The van der Waals surface area contributed by atoms with E-state index in [0.717, 1.165) is 24.8 Å². The number of hydrogen-bond acceptors (Lipinski definition) is 7. The van der Waals surface area contributed by atoms with Gasteiger partial charge in [-0.15, -0.1) is 10.2 Å². The van der Waals surface area contributed by atoms with Crippen LogP contribution in [0.2, 0.25) is 0 Å². The first-order valence-electron chi connectivity index (χ1n) is 8.61. The van der Waals surface area contributed by atoms with Crippen molar-refractivity contribution in [1.82, 2.24) is 25.7 Å². The van der Waals surface area contributed by atoms with Gasteiger partial charge in [0.1, 0.15) is 5.52 Å². The van der Waals surface area contributed by atoms with Gasteiger partial charge in [-0.2, -0.15) is 0 Å². The first-order chi connectivity index (χ1) is 12.5. The van der Waals surface area contributed by atoms with E-state index in [2.05, 4.69) is 33.0 Å². The van der Waals surface area contributed by atoms with Crippen molar-refractivity contribution in [3.8, 4) is 0 Å². The SMILES string of the molecule is CCCCC[C@H](CN(O)C=O)C(=O)NNc1nnc2cccc(C)c2n1. The molecule has 26 heavy (non-hydrogen) atoms. The molecular formula is C17H24N6O3. The molecule has 0 aliphatic heterocycles. The Morgan fingerprint density at radius 3 is 2.88 bits per heavy atom. The first kappa shape index (κ1) is 19.5. The molecule has 0 bridgehead atoms. The van der Waals surface area contributed by atoms with Crippen LogP contribution in [0.25, 0.3) is 11.0 Å². The van der Waals surface area contributed by atoms with Crippen molar-refractivity contribution in [2.24, 2.45) is 5.92 Å². The molecule has 9 nitrogen and oxygen atoms in total. The highest BCUT2D eigenvalue weighted by atomic mass is 16.5. The summed E-state index contributed by atoms with van der Waals surface area (Å²) in [5, 5.41) is 17.9. The molecule has 0 radical (unpaired) electrons. The lowest BCUT2D eigenvalue weighted by Gasteiger charge is -2.19. The predicted molar refractivity (Wildman–Crippen MR) is 96.0 cm³/mol. The molecule has 1 aromatic heterocycles. The molecule has 9 heteroatoms. The van der Waals surface area contributed by atoms with Crippen molar-refractivity contribution in [2.45, 2.75) is 39.5 Å². The van der Waals surface area contributed by atoms with Crippen molar-refractivity contribution < 1.29 is 14.8 Å². The van der Waals surface area contributed by atoms with E-state index in [4.69, 9.17) is 0 Å². The number of amides is 2. The third-order valence-electron chi connectivity index (χ3n) is 4.04. The molecular weight excluding hydrogens is 336 g/mol. The molecule has 3 N–H and O–H groups in total. The van der Waals surface area contributed by atoms with E-state index in [1.807, 2.05) is 25.1 Å². The summed E-state index contributed by atoms with van der Waals surface area (Å²) in [6.45, 7) is 3.90. The number of nitrogens with zero attached hydrogens (tertiary/aromatic N) is 4. The minimum absolute atomic E-state index is 0.0728. The number of hydrazine groups is 1. The Labute approximate surface area is 151 Å². The summed E-state index contributed by atoms with van der Waals surface area (Å²) in [6, 6.07) is 5.60. The number of carbonyl (C=O) groups excluding carboxylic acids is 2. The van der Waals surface area contributed by atoms with Crippen LogP contribution in [0.3, 0.4) is 0 Å². The average molecular weight is 360 g/mol. The maximum absolute atomic E-state index is 12.4. The number of nitrogens with one attached hydrogen (secondary N) is 2. The van der Waals surface area contributed by atoms with Crippen molar-refractivity contribution >= 4 is 29.3 Å². The topological polar surface area (TPSA) is 120 Å². The number of aryl methyl sites for hydroxylation is 1. The molecule has 0 spiro atoms. The van der Waals surface area contributed by atoms with Crippen LogP contribution < -0.4 is 10.9 Å². The number of hydrogen-bond donors (Lipinski definition) is 3. The highest BCUT2D eigenvalue weighted by Gasteiger charge is 2.20. The predicted octanol–water partition coefficient (Wildman–Crippen LogP) is 1.82. The molecule has 2 rings (SSSR count). The lowest BCUT2D eigenvalue weighted by atomic mass is 10.0. The van der Waals surface area contributed by atoms with Gasteiger partial charge < -0.3 is 0 Å². The highest BCUT2D eigenvalue weighted by molar-refractivity contribution is 5.81. The molecule has 0 saturated heterocycles. The number of anilines is 1. The van der Waals surface area contributed by atoms with Gasteiger partial charge >= 0.3 is 0 Å². The zero-order valence-electron chi connectivity index (χ0n) is 15.0. The number of para-hydroxylation sites is 1. The fraction of sp³-hybridized carbons (Fsp3) is 0.471. The lowest BCUT2D eigenvalue weighted by molar-refractivity contribution is -0.154. The van der Waals surface area contributed by atoms with Gasteiger partial charge in [0.25, 0.3) is 5.95 Å². The van der Waals surface area contributed by atoms with E-state index < -0.39 is 5.92 Å². The number of carbonyl (C=O) groups is 2. The Balaban J connectivity index is 2.01. The fourth-order valence-corrected chi connectivity index (χ4v) is 2.59. The Morgan fingerprint density at radius 2 is 2.15 bits per heavy atom. The van der Waals surface area contributed by atoms with Crippen molar-refractivity contribution in [3.63, 3.8) is 0 Å². The van der Waals surface area contributed by atoms with Crippen LogP contribution in [-0.2, 0) is 9.59 Å². The maximum Gasteiger partial charge on any atom is 0.262 e. The van der Waals surface area contributed by atoms with E-state index in [0.29, 0.717) is 22.5 Å². The van der Waals surface area contributed by atoms with Gasteiger partial charge in [-0.05, 0) is 25.0 Å². The molecule has 0 fully saturated rings. The third kappa shape index (κ3) is 5.35. The fourth-order valence-electron chi connectivity index (χ4n) is 2.59. The summed E-state index contributed by atoms with van der Waals surface area (Å²) in [7, 11) is 0. The van der Waals surface area contributed by atoms with Crippen molar-refractivity contribution in [1.29, 1.82) is 0 Å². The number of hydroxylamine groups is 2. The minimum atomic E-state index is -0.542. The molecule has 2 amide bonds. The largest absolute Gasteiger partial charge is 0.286 e. The van der Waals surface area contributed by atoms with Gasteiger partial charge in [0.05, 0.1) is 18.0 Å². The van der Waals surface area contributed by atoms with E-state index in [9.17, 15) is 14.8 Å². The monoisotopic (exact) mass is 360 g/mol. The molecule has 140 valence electrons. The van der Waals surface area contributed by atoms with Crippen LogP contribution in [0.1, 0.15) is 38.2 Å². The molecule has 0 unspecified atom stereocenters. The summed E-state index contributed by atoms with van der Waals surface area (Å²) in [5.41, 5.74) is 7.50. The van der Waals surface area contributed by atoms with Crippen molar-refractivity contribution in [3.05, 3.63) is 23.8 Å². The summed E-state index contributed by atoms with van der Waals surface area (Å²) in [6.07, 6.45) is 3.66. The third-order valence-corrected chi connectivity index (χ3v) is 4.04. The summed E-state index contributed by atoms with van der Waals surface area (Å²) >= 11 is 0. The van der Waals surface area contributed by atoms with E-state index in [-0.39, 0.29) is 24.8 Å². The number of benzene rings is 1. The Morgan fingerprint density at radius 1 is 1.35 bits per heavy atom. The summed E-state index contributed by atoms with van der Waals surface area (Å²) in [4.78, 5) is 27.4. The van der Waals surface area contributed by atoms with Gasteiger partial charge in [-0.3, -0.25) is 25.6 Å². The quantitative estimate of drug-likeness (QED) is 0.256. The molecule has 2 aromatic rings.